The maximum Gasteiger partial charge on any atom is 0.178 e. The Bertz CT molecular complexity index is 609. The van der Waals surface area contributed by atoms with Gasteiger partial charge in [0.05, 0.1) is 18.1 Å². The lowest BCUT2D eigenvalue weighted by Gasteiger charge is -2.13. The fourth-order valence-corrected chi connectivity index (χ4v) is 2.80. The van der Waals surface area contributed by atoms with Crippen molar-refractivity contribution in [2.75, 3.05) is 7.11 Å². The minimum atomic E-state index is 0.475. The zero-order valence-electron chi connectivity index (χ0n) is 10.1. The molecule has 1 heterocycles. The van der Waals surface area contributed by atoms with Gasteiger partial charge in [-0.2, -0.15) is 0 Å². The number of hydrogen-bond acceptors (Lipinski definition) is 2. The predicted octanol–water partition coefficient (Wildman–Crippen LogP) is 3.68. The zero-order valence-corrected chi connectivity index (χ0v) is 10.9. The highest BCUT2D eigenvalue weighted by Gasteiger charge is 2.30. The summed E-state index contributed by atoms with van der Waals surface area (Å²) in [6, 6.07) is 6.52. The van der Waals surface area contributed by atoms with Crippen LogP contribution in [0.4, 0.5) is 0 Å². The van der Waals surface area contributed by atoms with Gasteiger partial charge >= 0.3 is 0 Å². The quantitative estimate of drug-likeness (QED) is 0.840. The van der Waals surface area contributed by atoms with Gasteiger partial charge in [0.2, 0.25) is 0 Å². The lowest BCUT2D eigenvalue weighted by Crippen LogP contribution is -2.06. The van der Waals surface area contributed by atoms with E-state index >= 15 is 0 Å². The summed E-state index contributed by atoms with van der Waals surface area (Å²) >= 11 is 5.42. The highest BCUT2D eigenvalue weighted by Crippen LogP contribution is 2.41. The molecule has 0 amide bonds. The van der Waals surface area contributed by atoms with E-state index in [0.29, 0.717) is 6.04 Å². The lowest BCUT2D eigenvalue weighted by molar-refractivity contribution is 0.414. The molecule has 3 rings (SSSR count). The van der Waals surface area contributed by atoms with Gasteiger partial charge in [0.15, 0.2) is 4.77 Å². The maximum absolute atomic E-state index is 5.42. The van der Waals surface area contributed by atoms with E-state index in [2.05, 4.69) is 22.5 Å². The fourth-order valence-electron chi connectivity index (χ4n) is 2.42. The average molecular weight is 248 g/mol. The zero-order chi connectivity index (χ0) is 12.0. The molecule has 90 valence electrons. The van der Waals surface area contributed by atoms with Crippen LogP contribution in [0.1, 0.15) is 25.8 Å². The molecular formula is C13H16N2OS. The normalized spacial score (nSPS) is 17.3. The van der Waals surface area contributed by atoms with Crippen LogP contribution in [-0.2, 0) is 0 Å². The first-order valence-electron chi connectivity index (χ1n) is 5.99. The number of benzene rings is 1. The molecule has 0 saturated heterocycles. The molecular weight excluding hydrogens is 232 g/mol. The van der Waals surface area contributed by atoms with Crippen LogP contribution < -0.4 is 4.74 Å². The summed E-state index contributed by atoms with van der Waals surface area (Å²) in [5, 5.41) is 0. The number of nitrogens with one attached hydrogen (secondary N) is 1. The molecule has 17 heavy (non-hydrogen) atoms. The Morgan fingerprint density at radius 3 is 2.88 bits per heavy atom. The van der Waals surface area contributed by atoms with Gasteiger partial charge in [0.1, 0.15) is 5.75 Å². The van der Waals surface area contributed by atoms with E-state index in [-0.39, 0.29) is 0 Å². The number of H-pyrrole nitrogens is 1. The van der Waals surface area contributed by atoms with Crippen LogP contribution in [0.3, 0.4) is 0 Å². The monoisotopic (exact) mass is 248 g/mol. The molecule has 0 aliphatic heterocycles. The van der Waals surface area contributed by atoms with E-state index in [1.165, 1.54) is 12.8 Å². The largest absolute Gasteiger partial charge is 0.497 e. The van der Waals surface area contributed by atoms with Gasteiger partial charge in [0.25, 0.3) is 0 Å². The van der Waals surface area contributed by atoms with Crippen LogP contribution in [0.5, 0.6) is 5.75 Å². The number of hydrogen-bond donors (Lipinski definition) is 1. The van der Waals surface area contributed by atoms with Crippen molar-refractivity contribution >= 4 is 23.3 Å². The van der Waals surface area contributed by atoms with Gasteiger partial charge in [-0.05, 0) is 50.0 Å². The molecule has 3 nitrogen and oxygen atoms in total. The molecule has 1 aliphatic rings. The van der Waals surface area contributed by atoms with Crippen molar-refractivity contribution in [1.29, 1.82) is 0 Å². The van der Waals surface area contributed by atoms with Crippen LogP contribution in [0, 0.1) is 10.7 Å². The molecule has 0 spiro atoms. The Kier molecular flexibility index (Phi) is 2.47. The number of imidazole rings is 1. The van der Waals surface area contributed by atoms with Gasteiger partial charge < -0.3 is 14.3 Å². The van der Waals surface area contributed by atoms with Gasteiger partial charge in [-0.1, -0.05) is 0 Å². The van der Waals surface area contributed by atoms with E-state index in [1.54, 1.807) is 7.11 Å². The number of nitrogens with zero attached hydrogens (tertiary/aromatic N) is 1. The molecule has 1 unspecified atom stereocenters. The van der Waals surface area contributed by atoms with E-state index in [1.807, 2.05) is 12.1 Å². The molecule has 1 N–H and O–H groups in total. The molecule has 1 atom stereocenters. The molecule has 4 heteroatoms. The van der Waals surface area contributed by atoms with Crippen LogP contribution >= 0.6 is 12.2 Å². The smallest absolute Gasteiger partial charge is 0.178 e. The van der Waals surface area contributed by atoms with Crippen LogP contribution in [0.15, 0.2) is 18.2 Å². The predicted molar refractivity (Wildman–Crippen MR) is 71.1 cm³/mol. The van der Waals surface area contributed by atoms with E-state index < -0.39 is 0 Å². The van der Waals surface area contributed by atoms with Crippen molar-refractivity contribution in [3.8, 4) is 5.75 Å². The number of methoxy groups -OCH3 is 1. The van der Waals surface area contributed by atoms with Crippen molar-refractivity contribution < 1.29 is 4.74 Å². The average Bonchev–Trinajstić information content (AvgIpc) is 3.11. The molecule has 0 radical (unpaired) electrons. The summed E-state index contributed by atoms with van der Waals surface area (Å²) in [6.07, 6.45) is 2.64. The summed E-state index contributed by atoms with van der Waals surface area (Å²) in [5.74, 6) is 1.66. The Hall–Kier alpha value is -1.29. The summed E-state index contributed by atoms with van der Waals surface area (Å²) in [5.41, 5.74) is 2.23. The van der Waals surface area contributed by atoms with Crippen LogP contribution in [0.2, 0.25) is 0 Å². The first-order chi connectivity index (χ1) is 8.20. The van der Waals surface area contributed by atoms with Gasteiger partial charge in [0, 0.05) is 12.1 Å². The number of aromatic amines is 1. The van der Waals surface area contributed by atoms with Gasteiger partial charge in [-0.15, -0.1) is 0 Å². The Morgan fingerprint density at radius 1 is 1.47 bits per heavy atom. The van der Waals surface area contributed by atoms with Crippen molar-refractivity contribution in [3.63, 3.8) is 0 Å². The molecule has 1 fully saturated rings. The Balaban J connectivity index is 2.20. The second-order valence-electron chi connectivity index (χ2n) is 4.76. The SMILES string of the molecule is COc1ccc2[nH]c(=S)n(C(C)C3CC3)c2c1. The maximum atomic E-state index is 5.42. The third-order valence-electron chi connectivity index (χ3n) is 3.64. The molecule has 1 aromatic heterocycles. The summed E-state index contributed by atoms with van der Waals surface area (Å²) in [7, 11) is 1.69. The highest BCUT2D eigenvalue weighted by molar-refractivity contribution is 7.71. The summed E-state index contributed by atoms with van der Waals surface area (Å²) < 4.78 is 8.32. The van der Waals surface area contributed by atoms with Crippen molar-refractivity contribution in [2.45, 2.75) is 25.8 Å². The van der Waals surface area contributed by atoms with Gasteiger partial charge in [-0.25, -0.2) is 0 Å². The molecule has 1 aromatic carbocycles. The fraction of sp³-hybridized carbons (Fsp3) is 0.462. The molecule has 1 saturated carbocycles. The number of aromatic nitrogens is 2. The standard InChI is InChI=1S/C13H16N2OS/c1-8(9-3-4-9)15-12-7-10(16-2)5-6-11(12)14-13(15)17/h5-9H,3-4H2,1-2H3,(H,14,17). The van der Waals surface area contributed by atoms with Crippen LogP contribution in [-0.4, -0.2) is 16.7 Å². The third-order valence-corrected chi connectivity index (χ3v) is 3.94. The van der Waals surface area contributed by atoms with Gasteiger partial charge in [-0.3, -0.25) is 0 Å². The van der Waals surface area contributed by atoms with Crippen molar-refractivity contribution in [1.82, 2.24) is 9.55 Å². The third kappa shape index (κ3) is 1.76. The molecule has 2 aromatic rings. The van der Waals surface area contributed by atoms with E-state index in [9.17, 15) is 0 Å². The first-order valence-corrected chi connectivity index (χ1v) is 6.40. The minimum absolute atomic E-state index is 0.475. The summed E-state index contributed by atoms with van der Waals surface area (Å²) in [6.45, 7) is 2.25. The van der Waals surface area contributed by atoms with Crippen molar-refractivity contribution in [2.24, 2.45) is 5.92 Å². The first kappa shape index (κ1) is 10.8. The van der Waals surface area contributed by atoms with Crippen LogP contribution in [0.25, 0.3) is 11.0 Å². The molecule has 0 bridgehead atoms. The second kappa shape index (κ2) is 3.88. The Morgan fingerprint density at radius 2 is 2.24 bits per heavy atom. The van der Waals surface area contributed by atoms with Crippen molar-refractivity contribution in [3.05, 3.63) is 23.0 Å². The number of fused-ring (bicyclic) bond motifs is 1. The van der Waals surface area contributed by atoms with E-state index in [0.717, 1.165) is 27.5 Å². The lowest BCUT2D eigenvalue weighted by atomic mass is 10.2. The molecule has 1 aliphatic carbocycles. The number of ether oxygens (including phenoxy) is 1. The highest BCUT2D eigenvalue weighted by atomic mass is 32.1. The van der Waals surface area contributed by atoms with E-state index in [4.69, 9.17) is 17.0 Å². The Labute approximate surface area is 105 Å². The summed E-state index contributed by atoms with van der Waals surface area (Å²) in [4.78, 5) is 3.26. The second-order valence-corrected chi connectivity index (χ2v) is 5.15. The topological polar surface area (TPSA) is 29.9 Å². The minimum Gasteiger partial charge on any atom is -0.497 e. The number of rotatable bonds is 3.